The average Bonchev–Trinajstić information content (AvgIpc) is 3.29. The molecule has 2 aromatic heterocycles. The molecule has 0 saturated heterocycles. The number of thiocarbonyl (C=S) groups is 1. The summed E-state index contributed by atoms with van der Waals surface area (Å²) in [5.74, 6) is 0.977. The Kier molecular flexibility index (Phi) is 5.44. The molecule has 0 atom stereocenters. The lowest BCUT2D eigenvalue weighted by Gasteiger charge is -2.12. The first-order valence-corrected chi connectivity index (χ1v) is 12.3. The van der Waals surface area contributed by atoms with Crippen LogP contribution < -0.4 is 5.32 Å². The summed E-state index contributed by atoms with van der Waals surface area (Å²) in [6.07, 6.45) is 3.21. The van der Waals surface area contributed by atoms with Crippen LogP contribution in [0.2, 0.25) is 5.02 Å². The Labute approximate surface area is 208 Å². The van der Waals surface area contributed by atoms with E-state index in [4.69, 9.17) is 28.9 Å². The van der Waals surface area contributed by atoms with E-state index >= 15 is 0 Å². The quantitative estimate of drug-likeness (QED) is 0.274. The molecule has 34 heavy (non-hydrogen) atoms. The van der Waals surface area contributed by atoms with Crippen molar-refractivity contribution >= 4 is 40.1 Å². The van der Waals surface area contributed by atoms with E-state index in [2.05, 4.69) is 50.8 Å². The van der Waals surface area contributed by atoms with Crippen LogP contribution in [0.5, 0.6) is 0 Å². The average molecular weight is 483 g/mol. The zero-order chi connectivity index (χ0) is 23.1. The molecule has 1 aliphatic heterocycles. The normalized spacial score (nSPS) is 13.1. The van der Waals surface area contributed by atoms with Gasteiger partial charge >= 0.3 is 0 Å². The van der Waals surface area contributed by atoms with E-state index in [1.54, 1.807) is 0 Å². The van der Waals surface area contributed by atoms with E-state index in [-0.39, 0.29) is 0 Å². The number of aryl methyl sites for hydroxylation is 2. The lowest BCUT2D eigenvalue weighted by Crippen LogP contribution is -2.14. The molecule has 1 N–H and O–H groups in total. The molecule has 0 aliphatic carbocycles. The van der Waals surface area contributed by atoms with E-state index < -0.39 is 0 Å². The van der Waals surface area contributed by atoms with Crippen molar-refractivity contribution in [3.05, 3.63) is 101 Å². The van der Waals surface area contributed by atoms with Crippen LogP contribution in [0.3, 0.4) is 0 Å². The molecule has 0 amide bonds. The van der Waals surface area contributed by atoms with Crippen molar-refractivity contribution in [1.29, 1.82) is 0 Å². The van der Waals surface area contributed by atoms with Gasteiger partial charge in [0.1, 0.15) is 16.3 Å². The number of nitrogens with zero attached hydrogens (tertiary/aromatic N) is 3. The van der Waals surface area contributed by atoms with Gasteiger partial charge in [0.15, 0.2) is 5.82 Å². The minimum atomic E-state index is 0.655. The molecule has 6 rings (SSSR count). The Morgan fingerprint density at radius 2 is 1.56 bits per heavy atom. The number of para-hydroxylation sites is 1. The zero-order valence-electron chi connectivity index (χ0n) is 18.5. The maximum absolute atomic E-state index is 6.23. The van der Waals surface area contributed by atoms with E-state index in [1.807, 2.05) is 48.5 Å². The van der Waals surface area contributed by atoms with Gasteiger partial charge < -0.3 is 9.88 Å². The highest BCUT2D eigenvalue weighted by atomic mass is 35.5. The van der Waals surface area contributed by atoms with E-state index in [1.165, 1.54) is 5.56 Å². The number of anilines is 1. The molecule has 0 unspecified atom stereocenters. The summed E-state index contributed by atoms with van der Waals surface area (Å²) in [6, 6.07) is 28.5. The summed E-state index contributed by atoms with van der Waals surface area (Å²) < 4.78 is 4.43. The first-order chi connectivity index (χ1) is 16.7. The van der Waals surface area contributed by atoms with Gasteiger partial charge in [0.05, 0.1) is 0 Å². The third-order valence-electron chi connectivity index (χ3n) is 6.40. The summed E-state index contributed by atoms with van der Waals surface area (Å²) in [5, 5.41) is 9.32. The fourth-order valence-corrected chi connectivity index (χ4v) is 5.32. The monoisotopic (exact) mass is 482 g/mol. The predicted molar refractivity (Wildman–Crippen MR) is 144 cm³/mol. The highest BCUT2D eigenvalue weighted by Gasteiger charge is 2.29. The number of hydrogen-bond acceptors (Lipinski definition) is 2. The number of benzene rings is 3. The van der Waals surface area contributed by atoms with Crippen molar-refractivity contribution in [3.8, 4) is 22.5 Å². The van der Waals surface area contributed by atoms with Gasteiger partial charge in [-0.15, -0.1) is 5.10 Å². The van der Waals surface area contributed by atoms with Crippen molar-refractivity contribution in [2.24, 2.45) is 0 Å². The highest BCUT2D eigenvalue weighted by Crippen LogP contribution is 2.39. The van der Waals surface area contributed by atoms with Crippen LogP contribution in [-0.4, -0.2) is 19.2 Å². The Hall–Kier alpha value is -3.41. The molecule has 1 aliphatic rings. The van der Waals surface area contributed by atoms with Gasteiger partial charge in [-0.2, -0.15) is 0 Å². The fourth-order valence-electron chi connectivity index (χ4n) is 4.89. The molecule has 0 fully saturated rings. The van der Waals surface area contributed by atoms with E-state index in [0.29, 0.717) is 4.99 Å². The number of nitrogens with one attached hydrogen (secondary N) is 1. The lowest BCUT2D eigenvalue weighted by molar-refractivity contribution is 0.645. The molecule has 0 bridgehead atoms. The van der Waals surface area contributed by atoms with Crippen LogP contribution in [0.1, 0.15) is 24.1 Å². The second-order valence-electron chi connectivity index (χ2n) is 8.56. The van der Waals surface area contributed by atoms with Gasteiger partial charge in [0.25, 0.3) is 0 Å². The Morgan fingerprint density at radius 1 is 0.853 bits per heavy atom. The SMILES string of the molecule is S=C(Nc1ccccc1)c1c(-c2ccc(Cl)cc2)c2c3n(c(-c4ccccc4)nn13)CCCC2. The molecule has 6 heteroatoms. The van der Waals surface area contributed by atoms with Crippen LogP contribution in [-0.2, 0) is 13.0 Å². The molecule has 3 aromatic carbocycles. The van der Waals surface area contributed by atoms with Gasteiger partial charge in [0.2, 0.25) is 0 Å². The number of aromatic nitrogens is 3. The third-order valence-corrected chi connectivity index (χ3v) is 6.94. The van der Waals surface area contributed by atoms with Gasteiger partial charge in [-0.25, -0.2) is 4.52 Å². The number of hydrogen-bond donors (Lipinski definition) is 1. The molecule has 0 saturated carbocycles. The summed E-state index contributed by atoms with van der Waals surface area (Å²) in [6.45, 7) is 0.934. The Balaban J connectivity index is 1.62. The van der Waals surface area contributed by atoms with Crippen LogP contribution >= 0.6 is 23.8 Å². The standard InChI is InChI=1S/C28H23ClN4S/c29-21-16-14-19(15-17-21)24-23-13-7-8-18-32-26(20-9-3-1-4-10-20)31-33(28(23)32)25(24)27(34)30-22-11-5-2-6-12-22/h1-6,9-12,14-17H,7-8,13,18H2,(H,30,34). The summed E-state index contributed by atoms with van der Waals surface area (Å²) in [4.78, 5) is 0.655. The maximum Gasteiger partial charge on any atom is 0.162 e. The largest absolute Gasteiger partial charge is 0.345 e. The topological polar surface area (TPSA) is 34.3 Å². The minimum absolute atomic E-state index is 0.655. The molecule has 0 spiro atoms. The van der Waals surface area contributed by atoms with E-state index in [0.717, 1.165) is 70.4 Å². The lowest BCUT2D eigenvalue weighted by atomic mass is 9.98. The predicted octanol–water partition coefficient (Wildman–Crippen LogP) is 7.25. The second-order valence-corrected chi connectivity index (χ2v) is 9.41. The molecular weight excluding hydrogens is 460 g/mol. The Bertz CT molecular complexity index is 1490. The first-order valence-electron chi connectivity index (χ1n) is 11.5. The molecule has 5 aromatic rings. The van der Waals surface area contributed by atoms with Crippen LogP contribution in [0.4, 0.5) is 5.69 Å². The molecular formula is C28H23ClN4S. The van der Waals surface area contributed by atoms with Crippen molar-refractivity contribution in [2.75, 3.05) is 5.32 Å². The minimum Gasteiger partial charge on any atom is -0.345 e. The molecule has 3 heterocycles. The Morgan fingerprint density at radius 3 is 2.29 bits per heavy atom. The summed E-state index contributed by atoms with van der Waals surface area (Å²) >= 11 is 12.3. The van der Waals surface area contributed by atoms with Crippen molar-refractivity contribution in [1.82, 2.24) is 14.2 Å². The van der Waals surface area contributed by atoms with Crippen LogP contribution in [0.25, 0.3) is 28.2 Å². The first kappa shape index (κ1) is 21.1. The van der Waals surface area contributed by atoms with E-state index in [9.17, 15) is 0 Å². The summed E-state index contributed by atoms with van der Waals surface area (Å²) in [5.41, 5.74) is 7.66. The molecule has 0 radical (unpaired) electrons. The second kappa shape index (κ2) is 8.75. The van der Waals surface area contributed by atoms with Crippen molar-refractivity contribution in [3.63, 3.8) is 0 Å². The number of rotatable bonds is 4. The third kappa shape index (κ3) is 3.61. The smallest absolute Gasteiger partial charge is 0.162 e. The molecule has 4 nitrogen and oxygen atoms in total. The van der Waals surface area contributed by atoms with Crippen LogP contribution in [0.15, 0.2) is 84.9 Å². The van der Waals surface area contributed by atoms with Crippen LogP contribution in [0, 0.1) is 0 Å². The fraction of sp³-hybridized carbons (Fsp3) is 0.143. The maximum atomic E-state index is 6.23. The zero-order valence-corrected chi connectivity index (χ0v) is 20.1. The molecule has 168 valence electrons. The highest BCUT2D eigenvalue weighted by molar-refractivity contribution is 7.81. The van der Waals surface area contributed by atoms with Crippen molar-refractivity contribution < 1.29 is 0 Å². The van der Waals surface area contributed by atoms with Gasteiger partial charge in [-0.3, -0.25) is 0 Å². The van der Waals surface area contributed by atoms with Gasteiger partial charge in [-0.1, -0.05) is 84.5 Å². The van der Waals surface area contributed by atoms with Crippen molar-refractivity contribution in [2.45, 2.75) is 25.8 Å². The number of halogens is 1. The van der Waals surface area contributed by atoms with Gasteiger partial charge in [0, 0.05) is 33.9 Å². The van der Waals surface area contributed by atoms with Gasteiger partial charge in [-0.05, 0) is 49.1 Å². The summed E-state index contributed by atoms with van der Waals surface area (Å²) in [7, 11) is 0.